The highest BCUT2D eigenvalue weighted by atomic mass is 16.6. The minimum absolute atomic E-state index is 0.357. The molecule has 4 nitrogen and oxygen atoms in total. The maximum Gasteiger partial charge on any atom is 0.117 e. The van der Waals surface area contributed by atoms with Crippen LogP contribution in [0.5, 0.6) is 0 Å². The lowest BCUT2D eigenvalue weighted by atomic mass is 9.70. The smallest absolute Gasteiger partial charge is 0.117 e. The number of hydrogen-bond acceptors (Lipinski definition) is 4. The molecule has 0 aliphatic carbocycles. The third-order valence-corrected chi connectivity index (χ3v) is 2.51. The summed E-state index contributed by atoms with van der Waals surface area (Å²) >= 11 is 0. The third kappa shape index (κ3) is 1.17. The number of ether oxygens (including phenoxy) is 1. The van der Waals surface area contributed by atoms with Crippen molar-refractivity contribution < 1.29 is 20.1 Å². The Labute approximate surface area is 72.6 Å². The molecule has 1 saturated heterocycles. The Morgan fingerprint density at radius 3 is 2.17 bits per heavy atom. The van der Waals surface area contributed by atoms with Gasteiger partial charge in [-0.25, -0.2) is 0 Å². The van der Waals surface area contributed by atoms with Crippen LogP contribution in [0.4, 0.5) is 0 Å². The Morgan fingerprint density at radius 1 is 1.50 bits per heavy atom. The predicted octanol–water partition coefficient (Wildman–Crippen LogP) is -1.63. The molecule has 4 atom stereocenters. The minimum atomic E-state index is -1.53. The molecule has 2 radical (unpaired) electrons. The lowest BCUT2D eigenvalue weighted by molar-refractivity contribution is -0.0768. The SMILES string of the molecule is [B]C1(C)OC(CO)[C@@H](O)[C@@]1(C)O. The lowest BCUT2D eigenvalue weighted by Crippen LogP contribution is -2.52. The summed E-state index contributed by atoms with van der Waals surface area (Å²) in [5, 5.41) is 27.9. The summed E-state index contributed by atoms with van der Waals surface area (Å²) in [6.07, 6.45) is -1.97. The van der Waals surface area contributed by atoms with E-state index in [0.29, 0.717) is 0 Å². The Hall–Kier alpha value is -0.0951. The zero-order chi connectivity index (χ0) is 9.57. The van der Waals surface area contributed by atoms with Gasteiger partial charge in [0.15, 0.2) is 0 Å². The fourth-order valence-electron chi connectivity index (χ4n) is 1.29. The number of aliphatic hydroxyl groups is 3. The van der Waals surface area contributed by atoms with E-state index < -0.39 is 23.3 Å². The van der Waals surface area contributed by atoms with Gasteiger partial charge in [0.2, 0.25) is 0 Å². The molecule has 5 heteroatoms. The van der Waals surface area contributed by atoms with E-state index in [2.05, 4.69) is 0 Å². The second-order valence-corrected chi connectivity index (χ2v) is 3.54. The fraction of sp³-hybridized carbons (Fsp3) is 1.00. The van der Waals surface area contributed by atoms with Crippen LogP contribution in [0.25, 0.3) is 0 Å². The maximum atomic E-state index is 9.68. The average molecular weight is 172 g/mol. The van der Waals surface area contributed by atoms with Crippen molar-refractivity contribution >= 4 is 7.85 Å². The quantitative estimate of drug-likeness (QED) is 0.415. The first kappa shape index (κ1) is 9.99. The third-order valence-electron chi connectivity index (χ3n) is 2.51. The standard InChI is InChI=1S/C7H13BO4/c1-6(11)5(10)4(3-9)12-7(6,2)8/h4-5,9-11H,3H2,1-2H3/t4?,5-,6-,7?/m1/s1. The van der Waals surface area contributed by atoms with Crippen LogP contribution in [0.15, 0.2) is 0 Å². The highest BCUT2D eigenvalue weighted by Gasteiger charge is 2.56. The van der Waals surface area contributed by atoms with E-state index in [9.17, 15) is 10.2 Å². The van der Waals surface area contributed by atoms with E-state index >= 15 is 0 Å². The number of hydrogen-bond donors (Lipinski definition) is 3. The van der Waals surface area contributed by atoms with Crippen molar-refractivity contribution in [3.63, 3.8) is 0 Å². The van der Waals surface area contributed by atoms with Gasteiger partial charge in [-0.05, 0) is 13.8 Å². The molecule has 0 saturated carbocycles. The second kappa shape index (κ2) is 2.70. The first-order chi connectivity index (χ1) is 5.33. The molecule has 1 heterocycles. The van der Waals surface area contributed by atoms with Crippen LogP contribution < -0.4 is 0 Å². The van der Waals surface area contributed by atoms with Crippen molar-refractivity contribution in [1.82, 2.24) is 0 Å². The molecule has 12 heavy (non-hydrogen) atoms. The molecular formula is C7H13BO4. The number of rotatable bonds is 1. The van der Waals surface area contributed by atoms with Gasteiger partial charge in [0, 0.05) is 0 Å². The van der Waals surface area contributed by atoms with E-state index in [1.54, 1.807) is 0 Å². The molecular weight excluding hydrogens is 159 g/mol. The Bertz CT molecular complexity index is 180. The molecule has 1 aliphatic rings. The highest BCUT2D eigenvalue weighted by Crippen LogP contribution is 2.36. The molecule has 1 fully saturated rings. The molecule has 1 aliphatic heterocycles. The molecule has 0 bridgehead atoms. The van der Waals surface area contributed by atoms with Crippen LogP contribution in [0.3, 0.4) is 0 Å². The first-order valence-corrected chi connectivity index (χ1v) is 3.81. The molecule has 1 rings (SSSR count). The largest absolute Gasteiger partial charge is 0.394 e. The molecule has 3 N–H and O–H groups in total. The van der Waals surface area contributed by atoms with Gasteiger partial charge in [-0.1, -0.05) is 0 Å². The monoisotopic (exact) mass is 172 g/mol. The first-order valence-electron chi connectivity index (χ1n) is 3.81. The zero-order valence-corrected chi connectivity index (χ0v) is 7.19. The summed E-state index contributed by atoms with van der Waals surface area (Å²) in [4.78, 5) is 0. The summed E-state index contributed by atoms with van der Waals surface area (Å²) in [5.41, 5.74) is -2.85. The van der Waals surface area contributed by atoms with Gasteiger partial charge in [-0.2, -0.15) is 0 Å². The van der Waals surface area contributed by atoms with E-state index in [1.165, 1.54) is 13.8 Å². The second-order valence-electron chi connectivity index (χ2n) is 3.54. The van der Waals surface area contributed by atoms with Crippen LogP contribution in [0, 0.1) is 0 Å². The van der Waals surface area contributed by atoms with Crippen molar-refractivity contribution in [2.75, 3.05) is 6.61 Å². The van der Waals surface area contributed by atoms with Crippen LogP contribution in [0.2, 0.25) is 0 Å². The van der Waals surface area contributed by atoms with E-state index in [-0.39, 0.29) is 6.61 Å². The van der Waals surface area contributed by atoms with Crippen molar-refractivity contribution in [1.29, 1.82) is 0 Å². The van der Waals surface area contributed by atoms with Gasteiger partial charge >= 0.3 is 0 Å². The Balaban J connectivity index is 2.88. The zero-order valence-electron chi connectivity index (χ0n) is 7.19. The fourth-order valence-corrected chi connectivity index (χ4v) is 1.29. The van der Waals surface area contributed by atoms with Crippen LogP contribution in [-0.2, 0) is 4.74 Å². The normalized spacial score (nSPS) is 54.4. The summed E-state index contributed by atoms with van der Waals surface area (Å²) in [5.74, 6) is 0. The highest BCUT2D eigenvalue weighted by molar-refractivity contribution is 6.15. The summed E-state index contributed by atoms with van der Waals surface area (Å²) in [6, 6.07) is 0. The molecule has 0 aromatic rings. The summed E-state index contributed by atoms with van der Waals surface area (Å²) in [7, 11) is 5.57. The van der Waals surface area contributed by atoms with Gasteiger partial charge in [0.1, 0.15) is 25.7 Å². The van der Waals surface area contributed by atoms with Crippen LogP contribution in [0.1, 0.15) is 13.8 Å². The number of aliphatic hydroxyl groups excluding tert-OH is 2. The van der Waals surface area contributed by atoms with Crippen molar-refractivity contribution in [2.45, 2.75) is 37.2 Å². The van der Waals surface area contributed by atoms with Crippen molar-refractivity contribution in [3.8, 4) is 0 Å². The topological polar surface area (TPSA) is 69.9 Å². The van der Waals surface area contributed by atoms with Crippen LogP contribution in [-0.4, -0.2) is 53.1 Å². The average Bonchev–Trinajstić information content (AvgIpc) is 2.11. The Kier molecular flexibility index (Phi) is 2.25. The Morgan fingerprint density at radius 2 is 2.00 bits per heavy atom. The summed E-state index contributed by atoms with van der Waals surface area (Å²) in [6.45, 7) is 2.49. The molecule has 0 aromatic carbocycles. The molecule has 2 unspecified atom stereocenters. The van der Waals surface area contributed by atoms with E-state index in [4.69, 9.17) is 17.7 Å². The van der Waals surface area contributed by atoms with E-state index in [1.807, 2.05) is 0 Å². The lowest BCUT2D eigenvalue weighted by Gasteiger charge is -2.33. The van der Waals surface area contributed by atoms with Gasteiger partial charge < -0.3 is 20.1 Å². The van der Waals surface area contributed by atoms with Gasteiger partial charge in [-0.3, -0.25) is 0 Å². The molecule has 0 aromatic heterocycles. The van der Waals surface area contributed by atoms with Gasteiger partial charge in [0.25, 0.3) is 0 Å². The minimum Gasteiger partial charge on any atom is -0.394 e. The molecule has 0 spiro atoms. The van der Waals surface area contributed by atoms with Gasteiger partial charge in [-0.15, -0.1) is 0 Å². The van der Waals surface area contributed by atoms with Crippen molar-refractivity contribution in [2.24, 2.45) is 0 Å². The maximum absolute atomic E-state index is 9.68. The molecule has 68 valence electrons. The van der Waals surface area contributed by atoms with Crippen molar-refractivity contribution in [3.05, 3.63) is 0 Å². The summed E-state index contributed by atoms with van der Waals surface area (Å²) < 4.78 is 5.05. The molecule has 0 amide bonds. The van der Waals surface area contributed by atoms with Gasteiger partial charge in [0.05, 0.1) is 12.1 Å². The van der Waals surface area contributed by atoms with E-state index in [0.717, 1.165) is 0 Å². The van der Waals surface area contributed by atoms with Crippen LogP contribution >= 0.6 is 0 Å². The predicted molar refractivity (Wildman–Crippen MR) is 42.7 cm³/mol.